The molecule has 2 aliphatic carbocycles. The first-order valence-electron chi connectivity index (χ1n) is 8.93. The SMILES string of the molecule is CCOC(=O)[C@]1(C#N)C(=O)C(C#N)=C2CCCC[C@@H]2[C@@H]1c1ccccc1. The molecule has 1 saturated carbocycles. The first-order chi connectivity index (χ1) is 12.6. The summed E-state index contributed by atoms with van der Waals surface area (Å²) in [7, 11) is 0. The van der Waals surface area contributed by atoms with E-state index in [0.717, 1.165) is 30.4 Å². The maximum Gasteiger partial charge on any atom is 0.335 e. The van der Waals surface area contributed by atoms with Crippen LogP contribution in [0.4, 0.5) is 0 Å². The molecule has 0 amide bonds. The Kier molecular flexibility index (Phi) is 4.91. The molecule has 0 aliphatic heterocycles. The van der Waals surface area contributed by atoms with Gasteiger partial charge in [-0.15, -0.1) is 0 Å². The first kappa shape index (κ1) is 17.9. The fraction of sp³-hybridized carbons (Fsp3) is 0.429. The lowest BCUT2D eigenvalue weighted by Crippen LogP contribution is -2.51. The van der Waals surface area contributed by atoms with Gasteiger partial charge in [-0.2, -0.15) is 10.5 Å². The van der Waals surface area contributed by atoms with Gasteiger partial charge in [0.2, 0.25) is 11.2 Å². The number of Topliss-reactive ketones (excluding diaryl/α,β-unsaturated/α-hetero) is 1. The van der Waals surface area contributed by atoms with Crippen molar-refractivity contribution in [1.29, 1.82) is 10.5 Å². The van der Waals surface area contributed by atoms with E-state index in [9.17, 15) is 20.1 Å². The van der Waals surface area contributed by atoms with E-state index in [0.29, 0.717) is 6.42 Å². The molecule has 0 saturated heterocycles. The lowest BCUT2D eigenvalue weighted by atomic mass is 9.55. The minimum absolute atomic E-state index is 0.0171. The molecule has 132 valence electrons. The summed E-state index contributed by atoms with van der Waals surface area (Å²) in [5.74, 6) is -2.36. The van der Waals surface area contributed by atoms with E-state index >= 15 is 0 Å². The third kappa shape index (κ3) is 2.52. The number of carbonyl (C=O) groups is 2. The Hall–Kier alpha value is -2.92. The molecule has 0 unspecified atom stereocenters. The number of nitrogens with zero attached hydrogens (tertiary/aromatic N) is 2. The summed E-state index contributed by atoms with van der Waals surface area (Å²) in [6, 6.07) is 13.2. The van der Waals surface area contributed by atoms with Gasteiger partial charge in [-0.3, -0.25) is 4.79 Å². The minimum atomic E-state index is -2.01. The molecule has 0 bridgehead atoms. The number of nitriles is 2. The van der Waals surface area contributed by atoms with Gasteiger partial charge in [-0.05, 0) is 43.2 Å². The van der Waals surface area contributed by atoms with Crippen molar-refractivity contribution < 1.29 is 14.3 Å². The van der Waals surface area contributed by atoms with Crippen molar-refractivity contribution in [3.8, 4) is 12.1 Å². The number of hydrogen-bond acceptors (Lipinski definition) is 5. The van der Waals surface area contributed by atoms with Crippen LogP contribution in [0.1, 0.15) is 44.1 Å². The summed E-state index contributed by atoms with van der Waals surface area (Å²) in [4.78, 5) is 26.1. The number of allylic oxidation sites excluding steroid dienone is 2. The topological polar surface area (TPSA) is 90.9 Å². The second-order valence-electron chi connectivity index (χ2n) is 6.72. The van der Waals surface area contributed by atoms with Crippen LogP contribution in [0.5, 0.6) is 0 Å². The number of ether oxygens (including phenoxy) is 1. The molecule has 1 fully saturated rings. The molecule has 0 aromatic heterocycles. The van der Waals surface area contributed by atoms with Crippen molar-refractivity contribution in [2.75, 3.05) is 6.61 Å². The molecule has 0 N–H and O–H groups in total. The second kappa shape index (κ2) is 7.14. The smallest absolute Gasteiger partial charge is 0.335 e. The molecular formula is C21H20N2O3. The van der Waals surface area contributed by atoms with Crippen molar-refractivity contribution in [3.63, 3.8) is 0 Å². The fourth-order valence-electron chi connectivity index (χ4n) is 4.40. The van der Waals surface area contributed by atoms with Crippen LogP contribution < -0.4 is 0 Å². The summed E-state index contributed by atoms with van der Waals surface area (Å²) >= 11 is 0. The molecular weight excluding hydrogens is 328 g/mol. The Bertz CT molecular complexity index is 844. The lowest BCUT2D eigenvalue weighted by molar-refractivity contribution is -0.158. The summed E-state index contributed by atoms with van der Waals surface area (Å²) in [6.07, 6.45) is 3.25. The molecule has 3 atom stereocenters. The van der Waals surface area contributed by atoms with Gasteiger partial charge < -0.3 is 4.74 Å². The van der Waals surface area contributed by atoms with Crippen LogP contribution in [0, 0.1) is 34.0 Å². The van der Waals surface area contributed by atoms with Crippen molar-refractivity contribution in [1.82, 2.24) is 0 Å². The molecule has 0 spiro atoms. The highest BCUT2D eigenvalue weighted by atomic mass is 16.5. The third-order valence-electron chi connectivity index (χ3n) is 5.48. The van der Waals surface area contributed by atoms with E-state index < -0.39 is 23.1 Å². The molecule has 0 radical (unpaired) electrons. The predicted octanol–water partition coefficient (Wildman–Crippen LogP) is 3.44. The molecule has 1 aromatic carbocycles. The maximum atomic E-state index is 13.3. The van der Waals surface area contributed by atoms with Crippen molar-refractivity contribution in [2.24, 2.45) is 11.3 Å². The second-order valence-corrected chi connectivity index (χ2v) is 6.72. The quantitative estimate of drug-likeness (QED) is 0.616. The van der Waals surface area contributed by atoms with Crippen LogP contribution >= 0.6 is 0 Å². The molecule has 5 nitrogen and oxygen atoms in total. The highest BCUT2D eigenvalue weighted by Crippen LogP contribution is 2.55. The number of fused-ring (bicyclic) bond motifs is 1. The fourth-order valence-corrected chi connectivity index (χ4v) is 4.40. The first-order valence-corrected chi connectivity index (χ1v) is 8.93. The minimum Gasteiger partial charge on any atom is -0.464 e. The average molecular weight is 348 g/mol. The monoisotopic (exact) mass is 348 g/mol. The van der Waals surface area contributed by atoms with Crippen LogP contribution in [0.25, 0.3) is 0 Å². The number of carbonyl (C=O) groups excluding carboxylic acids is 2. The number of rotatable bonds is 3. The maximum absolute atomic E-state index is 13.3. The zero-order chi connectivity index (χ0) is 18.7. The van der Waals surface area contributed by atoms with E-state index in [4.69, 9.17) is 4.74 Å². The molecule has 1 aromatic rings. The Labute approximate surface area is 152 Å². The van der Waals surface area contributed by atoms with Crippen LogP contribution in [0.15, 0.2) is 41.5 Å². The van der Waals surface area contributed by atoms with Gasteiger partial charge >= 0.3 is 5.97 Å². The highest BCUT2D eigenvalue weighted by Gasteiger charge is 2.61. The molecule has 5 heteroatoms. The van der Waals surface area contributed by atoms with Gasteiger partial charge in [-0.1, -0.05) is 36.8 Å². The normalized spacial score (nSPS) is 27.9. The van der Waals surface area contributed by atoms with Gasteiger partial charge in [0.05, 0.1) is 18.2 Å². The largest absolute Gasteiger partial charge is 0.464 e. The van der Waals surface area contributed by atoms with Crippen molar-refractivity contribution in [2.45, 2.75) is 38.5 Å². The summed E-state index contributed by atoms with van der Waals surface area (Å²) in [6.45, 7) is 1.71. The summed E-state index contributed by atoms with van der Waals surface area (Å²) in [5, 5.41) is 19.6. The van der Waals surface area contributed by atoms with E-state index in [1.165, 1.54) is 0 Å². The standard InChI is InChI=1S/C21H20N2O3/c1-2-26-20(25)21(13-23)18(14-8-4-3-5-9-14)16-11-7-6-10-15(16)17(12-22)19(21)24/h3-5,8-9,16,18H,2,6-7,10-11H2,1H3/t16-,18-,21-/m0/s1. The number of ketones is 1. The van der Waals surface area contributed by atoms with Crippen molar-refractivity contribution >= 4 is 11.8 Å². The Morgan fingerprint density at radius 3 is 2.62 bits per heavy atom. The highest BCUT2D eigenvalue weighted by molar-refractivity contribution is 6.18. The van der Waals surface area contributed by atoms with Crippen LogP contribution in [-0.4, -0.2) is 18.4 Å². The van der Waals surface area contributed by atoms with Crippen LogP contribution in [-0.2, 0) is 14.3 Å². The van der Waals surface area contributed by atoms with Gasteiger partial charge in [-0.25, -0.2) is 4.79 Å². The number of hydrogen-bond donors (Lipinski definition) is 0. The van der Waals surface area contributed by atoms with E-state index in [1.807, 2.05) is 42.5 Å². The van der Waals surface area contributed by atoms with E-state index in [-0.39, 0.29) is 18.1 Å². The van der Waals surface area contributed by atoms with Gasteiger partial charge in [0.15, 0.2) is 0 Å². The zero-order valence-corrected chi connectivity index (χ0v) is 14.7. The predicted molar refractivity (Wildman–Crippen MR) is 93.5 cm³/mol. The Morgan fingerprint density at radius 1 is 1.27 bits per heavy atom. The number of esters is 1. The molecule has 26 heavy (non-hydrogen) atoms. The lowest BCUT2D eigenvalue weighted by Gasteiger charge is -2.44. The molecule has 3 rings (SSSR count). The third-order valence-corrected chi connectivity index (χ3v) is 5.48. The van der Waals surface area contributed by atoms with E-state index in [2.05, 4.69) is 0 Å². The van der Waals surface area contributed by atoms with Crippen molar-refractivity contribution in [3.05, 3.63) is 47.0 Å². The Morgan fingerprint density at radius 2 is 2.00 bits per heavy atom. The zero-order valence-electron chi connectivity index (χ0n) is 14.7. The molecule has 0 heterocycles. The summed E-state index contributed by atoms with van der Waals surface area (Å²) in [5.41, 5.74) is -0.463. The van der Waals surface area contributed by atoms with Gasteiger partial charge in [0, 0.05) is 5.92 Å². The summed E-state index contributed by atoms with van der Waals surface area (Å²) < 4.78 is 5.16. The Balaban J connectivity index is 2.30. The molecule has 2 aliphatic rings. The van der Waals surface area contributed by atoms with Crippen LogP contribution in [0.2, 0.25) is 0 Å². The van der Waals surface area contributed by atoms with Gasteiger partial charge in [0.1, 0.15) is 6.07 Å². The average Bonchev–Trinajstić information content (AvgIpc) is 2.68. The number of benzene rings is 1. The van der Waals surface area contributed by atoms with E-state index in [1.54, 1.807) is 6.92 Å². The van der Waals surface area contributed by atoms with Crippen LogP contribution in [0.3, 0.4) is 0 Å². The van der Waals surface area contributed by atoms with Gasteiger partial charge in [0.25, 0.3) is 0 Å².